The van der Waals surface area contributed by atoms with E-state index in [1.807, 2.05) is 6.92 Å². The zero-order valence-corrected chi connectivity index (χ0v) is 17.8. The zero-order valence-electron chi connectivity index (χ0n) is 17.0. The molecule has 28 heavy (non-hydrogen) atoms. The predicted octanol–water partition coefficient (Wildman–Crippen LogP) is 2.64. The topological polar surface area (TPSA) is 99.2 Å². The summed E-state index contributed by atoms with van der Waals surface area (Å²) in [6.07, 6.45) is -1.69. The zero-order chi connectivity index (χ0) is 21.3. The highest BCUT2D eigenvalue weighted by Crippen LogP contribution is 2.35. The number of carbonyl (C=O) groups is 2. The molecule has 1 aromatic rings. The first kappa shape index (κ1) is 22.2. The number of hydrogen-bond acceptors (Lipinski definition) is 7. The predicted molar refractivity (Wildman–Crippen MR) is 101 cm³/mol. The number of amides is 1. The maximum Gasteiger partial charge on any atom is 0.411 e. The highest BCUT2D eigenvalue weighted by Gasteiger charge is 2.53. The van der Waals surface area contributed by atoms with Crippen molar-refractivity contribution in [1.82, 2.24) is 4.90 Å². The summed E-state index contributed by atoms with van der Waals surface area (Å²) < 4.78 is 40.7. The first-order valence-electron chi connectivity index (χ1n) is 8.87. The van der Waals surface area contributed by atoms with E-state index in [1.165, 1.54) is 31.1 Å². The van der Waals surface area contributed by atoms with Gasteiger partial charge in [0, 0.05) is 6.42 Å². The molecule has 1 saturated heterocycles. The van der Waals surface area contributed by atoms with E-state index in [1.54, 1.807) is 32.9 Å². The van der Waals surface area contributed by atoms with E-state index < -0.39 is 39.4 Å². The molecule has 8 nitrogen and oxygen atoms in total. The standard InChI is InChI=1S/C19H27NO7S/c1-13-7-9-15(10-8-13)28(23,24)27-14-11-19(5,16(21)25-6)20(12-14)17(22)26-18(2,3)4/h7-10,14H,11-12H2,1-6H3. The summed E-state index contributed by atoms with van der Waals surface area (Å²) in [7, 11) is -2.85. The van der Waals surface area contributed by atoms with Crippen LogP contribution >= 0.6 is 0 Å². The molecule has 0 saturated carbocycles. The number of benzene rings is 1. The molecule has 0 bridgehead atoms. The minimum absolute atomic E-state index is 0.00795. The number of esters is 1. The Morgan fingerprint density at radius 1 is 1.18 bits per heavy atom. The smallest absolute Gasteiger partial charge is 0.411 e. The fourth-order valence-electron chi connectivity index (χ4n) is 3.03. The maximum atomic E-state index is 12.6. The fraction of sp³-hybridized carbons (Fsp3) is 0.579. The van der Waals surface area contributed by atoms with Crippen molar-refractivity contribution in [1.29, 1.82) is 0 Å². The SMILES string of the molecule is COC(=O)C1(C)CC(OS(=O)(=O)c2ccc(C)cc2)CN1C(=O)OC(C)(C)C. The molecule has 1 amide bonds. The van der Waals surface area contributed by atoms with E-state index in [0.29, 0.717) is 0 Å². The van der Waals surface area contributed by atoms with Gasteiger partial charge in [0.2, 0.25) is 0 Å². The first-order chi connectivity index (χ1) is 12.8. The second-order valence-corrected chi connectivity index (χ2v) is 9.62. The van der Waals surface area contributed by atoms with Gasteiger partial charge < -0.3 is 9.47 Å². The van der Waals surface area contributed by atoms with Crippen molar-refractivity contribution in [3.8, 4) is 0 Å². The second kappa shape index (κ2) is 7.71. The fourth-order valence-corrected chi connectivity index (χ4v) is 4.10. The Hall–Kier alpha value is -2.13. The maximum absolute atomic E-state index is 12.6. The molecule has 1 fully saturated rings. The molecule has 0 aliphatic carbocycles. The van der Waals surface area contributed by atoms with Gasteiger partial charge in [-0.25, -0.2) is 9.59 Å². The largest absolute Gasteiger partial charge is 0.467 e. The Kier molecular flexibility index (Phi) is 6.10. The molecular formula is C19H27NO7S. The molecule has 156 valence electrons. The van der Waals surface area contributed by atoms with E-state index in [4.69, 9.17) is 13.7 Å². The molecule has 2 atom stereocenters. The van der Waals surface area contributed by atoms with E-state index in [-0.39, 0.29) is 17.9 Å². The third-order valence-electron chi connectivity index (χ3n) is 4.42. The molecule has 0 N–H and O–H groups in total. The molecule has 1 aliphatic rings. The van der Waals surface area contributed by atoms with Crippen molar-refractivity contribution in [2.45, 2.75) is 63.2 Å². The summed E-state index contributed by atoms with van der Waals surface area (Å²) >= 11 is 0. The summed E-state index contributed by atoms with van der Waals surface area (Å²) in [5.41, 5.74) is -1.26. The molecule has 0 aromatic heterocycles. The van der Waals surface area contributed by atoms with Crippen molar-refractivity contribution in [3.63, 3.8) is 0 Å². The molecule has 0 radical (unpaired) electrons. The van der Waals surface area contributed by atoms with Crippen molar-refractivity contribution in [2.24, 2.45) is 0 Å². The van der Waals surface area contributed by atoms with Crippen LogP contribution in [0.2, 0.25) is 0 Å². The van der Waals surface area contributed by atoms with Crippen LogP contribution in [-0.2, 0) is 28.6 Å². The Bertz CT molecular complexity index is 842. The Labute approximate surface area is 165 Å². The van der Waals surface area contributed by atoms with Crippen LogP contribution in [0.1, 0.15) is 39.7 Å². The average Bonchev–Trinajstić information content (AvgIpc) is 2.90. The van der Waals surface area contributed by atoms with Gasteiger partial charge in [0.15, 0.2) is 0 Å². The van der Waals surface area contributed by atoms with Crippen LogP contribution in [0.4, 0.5) is 4.79 Å². The minimum atomic E-state index is -4.06. The third kappa shape index (κ3) is 4.82. The van der Waals surface area contributed by atoms with Crippen LogP contribution in [0.25, 0.3) is 0 Å². The number of likely N-dealkylation sites (tertiary alicyclic amines) is 1. The summed E-state index contributed by atoms with van der Waals surface area (Å²) in [6, 6.07) is 6.22. The summed E-state index contributed by atoms with van der Waals surface area (Å²) in [6.45, 7) is 8.33. The number of nitrogens with zero attached hydrogens (tertiary/aromatic N) is 1. The van der Waals surface area contributed by atoms with Crippen molar-refractivity contribution in [3.05, 3.63) is 29.8 Å². The Balaban J connectivity index is 2.26. The monoisotopic (exact) mass is 413 g/mol. The Morgan fingerprint density at radius 2 is 1.75 bits per heavy atom. The lowest BCUT2D eigenvalue weighted by molar-refractivity contribution is -0.152. The van der Waals surface area contributed by atoms with Gasteiger partial charge in [0.05, 0.1) is 24.7 Å². The van der Waals surface area contributed by atoms with Crippen molar-refractivity contribution in [2.75, 3.05) is 13.7 Å². The van der Waals surface area contributed by atoms with Gasteiger partial charge in [0.25, 0.3) is 10.1 Å². The van der Waals surface area contributed by atoms with Crippen LogP contribution < -0.4 is 0 Å². The lowest BCUT2D eigenvalue weighted by Gasteiger charge is -2.33. The highest BCUT2D eigenvalue weighted by atomic mass is 32.2. The average molecular weight is 413 g/mol. The summed E-state index contributed by atoms with van der Waals surface area (Å²) in [5, 5.41) is 0. The first-order valence-corrected chi connectivity index (χ1v) is 10.3. The number of ether oxygens (including phenoxy) is 2. The van der Waals surface area contributed by atoms with Gasteiger partial charge >= 0.3 is 12.1 Å². The molecular weight excluding hydrogens is 386 g/mol. The molecule has 2 rings (SSSR count). The number of carbonyl (C=O) groups excluding carboxylic acids is 2. The van der Waals surface area contributed by atoms with Crippen LogP contribution in [0.3, 0.4) is 0 Å². The van der Waals surface area contributed by atoms with Gasteiger partial charge in [-0.2, -0.15) is 8.42 Å². The van der Waals surface area contributed by atoms with E-state index in [9.17, 15) is 18.0 Å². The van der Waals surface area contributed by atoms with E-state index >= 15 is 0 Å². The third-order valence-corrected chi connectivity index (χ3v) is 5.79. The molecule has 1 aliphatic heterocycles. The molecule has 1 heterocycles. The number of rotatable bonds is 4. The second-order valence-electron chi connectivity index (χ2n) is 8.05. The van der Waals surface area contributed by atoms with Crippen LogP contribution in [-0.4, -0.2) is 56.3 Å². The molecule has 9 heteroatoms. The van der Waals surface area contributed by atoms with E-state index in [2.05, 4.69) is 0 Å². The quantitative estimate of drug-likeness (QED) is 0.553. The lowest BCUT2D eigenvalue weighted by atomic mass is 9.98. The van der Waals surface area contributed by atoms with Gasteiger partial charge in [-0.15, -0.1) is 0 Å². The molecule has 2 unspecified atom stereocenters. The number of aryl methyl sites for hydroxylation is 1. The number of methoxy groups -OCH3 is 1. The van der Waals surface area contributed by atoms with Gasteiger partial charge in [-0.05, 0) is 46.8 Å². The molecule has 1 aromatic carbocycles. The van der Waals surface area contributed by atoms with Gasteiger partial charge in [-0.3, -0.25) is 9.08 Å². The van der Waals surface area contributed by atoms with Gasteiger partial charge in [0.1, 0.15) is 11.1 Å². The lowest BCUT2D eigenvalue weighted by Crippen LogP contribution is -2.52. The van der Waals surface area contributed by atoms with E-state index in [0.717, 1.165) is 5.56 Å². The normalized spacial score (nSPS) is 22.8. The summed E-state index contributed by atoms with van der Waals surface area (Å²) in [5.74, 6) is -0.669. The van der Waals surface area contributed by atoms with Crippen molar-refractivity contribution >= 4 is 22.2 Å². The highest BCUT2D eigenvalue weighted by molar-refractivity contribution is 7.86. The van der Waals surface area contributed by atoms with Crippen LogP contribution in [0.5, 0.6) is 0 Å². The minimum Gasteiger partial charge on any atom is -0.467 e. The van der Waals surface area contributed by atoms with Crippen LogP contribution in [0.15, 0.2) is 29.2 Å². The van der Waals surface area contributed by atoms with Gasteiger partial charge in [-0.1, -0.05) is 17.7 Å². The van der Waals surface area contributed by atoms with Crippen molar-refractivity contribution < 1.29 is 31.7 Å². The van der Waals surface area contributed by atoms with Crippen LogP contribution in [0, 0.1) is 6.92 Å². The summed E-state index contributed by atoms with van der Waals surface area (Å²) in [4.78, 5) is 26.1. The number of hydrogen-bond donors (Lipinski definition) is 0. The Morgan fingerprint density at radius 3 is 2.25 bits per heavy atom. The molecule has 0 spiro atoms.